The Bertz CT molecular complexity index is 254. The lowest BCUT2D eigenvalue weighted by atomic mass is 10.7. The van der Waals surface area contributed by atoms with E-state index in [0.717, 1.165) is 0 Å². The zero-order valence-corrected chi connectivity index (χ0v) is 5.37. The van der Waals surface area contributed by atoms with Gasteiger partial charge in [-0.2, -0.15) is 4.68 Å². The molecule has 0 aliphatic carbocycles. The molecule has 4 nitrogen and oxygen atoms in total. The molecule has 0 bridgehead atoms. The van der Waals surface area contributed by atoms with E-state index in [-0.39, 0.29) is 0 Å². The highest BCUT2D eigenvalue weighted by molar-refractivity contribution is 4.66. The lowest BCUT2D eigenvalue weighted by Crippen LogP contribution is -2.28. The van der Waals surface area contributed by atoms with Crippen LogP contribution in [0.25, 0.3) is 0 Å². The number of aryl methyl sites for hydroxylation is 2. The molecule has 0 atom stereocenters. The minimum Gasteiger partial charge on any atom is -0.152 e. The number of hydrogen-bond donors (Lipinski definition) is 0. The molecule has 46 valence electrons. The van der Waals surface area contributed by atoms with Crippen LogP contribution in [0.3, 0.4) is 0 Å². The van der Waals surface area contributed by atoms with E-state index in [1.54, 1.807) is 25.0 Å². The van der Waals surface area contributed by atoms with Gasteiger partial charge in [0, 0.05) is 6.92 Å². The summed E-state index contributed by atoms with van der Waals surface area (Å²) in [4.78, 5) is 0. The highest BCUT2D eigenvalue weighted by Crippen LogP contribution is 1.77. The SMILES string of the molecule is Cc1nn(C)c[n+]1C#N. The second-order valence-electron chi connectivity index (χ2n) is 1.81. The fourth-order valence-electron chi connectivity index (χ4n) is 0.651. The van der Waals surface area contributed by atoms with Crippen LogP contribution in [0.15, 0.2) is 6.33 Å². The highest BCUT2D eigenvalue weighted by Gasteiger charge is 2.04. The Morgan fingerprint density at radius 3 is 2.78 bits per heavy atom. The lowest BCUT2D eigenvalue weighted by Gasteiger charge is -1.71. The van der Waals surface area contributed by atoms with Crippen molar-refractivity contribution in [2.75, 3.05) is 0 Å². The summed E-state index contributed by atoms with van der Waals surface area (Å²) in [6.07, 6.45) is 3.57. The van der Waals surface area contributed by atoms with Crippen molar-refractivity contribution in [3.05, 3.63) is 12.2 Å². The predicted octanol–water partition coefficient (Wildman–Crippen LogP) is -0.655. The molecule has 0 unspecified atom stereocenters. The van der Waals surface area contributed by atoms with Crippen LogP contribution < -0.4 is 4.57 Å². The normalized spacial score (nSPS) is 9.00. The first kappa shape index (κ1) is 5.76. The second kappa shape index (κ2) is 1.86. The highest BCUT2D eigenvalue weighted by atomic mass is 15.3. The minimum absolute atomic E-state index is 0.708. The lowest BCUT2D eigenvalue weighted by molar-refractivity contribution is -0.594. The molecule has 0 saturated carbocycles. The van der Waals surface area contributed by atoms with Crippen molar-refractivity contribution in [1.82, 2.24) is 9.78 Å². The first-order chi connectivity index (χ1) is 4.24. The van der Waals surface area contributed by atoms with Gasteiger partial charge in [0.2, 0.25) is 6.33 Å². The van der Waals surface area contributed by atoms with Crippen molar-refractivity contribution in [2.24, 2.45) is 7.05 Å². The van der Waals surface area contributed by atoms with Gasteiger partial charge in [0.25, 0.3) is 5.82 Å². The van der Waals surface area contributed by atoms with E-state index >= 15 is 0 Å². The average Bonchev–Trinajstić information content (AvgIpc) is 2.10. The molecule has 1 rings (SSSR count). The van der Waals surface area contributed by atoms with Gasteiger partial charge >= 0.3 is 6.19 Å². The fourth-order valence-corrected chi connectivity index (χ4v) is 0.651. The van der Waals surface area contributed by atoms with Gasteiger partial charge in [-0.25, -0.2) is 0 Å². The first-order valence-electron chi connectivity index (χ1n) is 2.56. The maximum Gasteiger partial charge on any atom is 0.331 e. The van der Waals surface area contributed by atoms with Crippen LogP contribution in [0, 0.1) is 18.4 Å². The molecular weight excluding hydrogens is 116 g/mol. The molecule has 0 N–H and O–H groups in total. The van der Waals surface area contributed by atoms with Crippen molar-refractivity contribution < 1.29 is 4.57 Å². The quantitative estimate of drug-likeness (QED) is 0.430. The van der Waals surface area contributed by atoms with Crippen LogP contribution in [0.5, 0.6) is 0 Å². The molecule has 0 aliphatic rings. The molecule has 0 aliphatic heterocycles. The second-order valence-corrected chi connectivity index (χ2v) is 1.81. The Morgan fingerprint density at radius 1 is 1.89 bits per heavy atom. The van der Waals surface area contributed by atoms with Gasteiger partial charge in [-0.05, 0) is 10.4 Å². The zero-order chi connectivity index (χ0) is 6.85. The fraction of sp³-hybridized carbons (Fsp3) is 0.400. The van der Waals surface area contributed by atoms with Crippen LogP contribution >= 0.6 is 0 Å². The largest absolute Gasteiger partial charge is 0.331 e. The molecule has 0 aromatic carbocycles. The Balaban J connectivity index is 3.20. The third-order valence-electron chi connectivity index (χ3n) is 1.04. The van der Waals surface area contributed by atoms with E-state index in [0.29, 0.717) is 5.82 Å². The van der Waals surface area contributed by atoms with Gasteiger partial charge in [0.15, 0.2) is 0 Å². The summed E-state index contributed by atoms with van der Waals surface area (Å²) >= 11 is 0. The third kappa shape index (κ3) is 0.891. The van der Waals surface area contributed by atoms with Gasteiger partial charge in [0.05, 0.1) is 7.05 Å². The number of nitriles is 1. The van der Waals surface area contributed by atoms with Gasteiger partial charge in [-0.3, -0.25) is 0 Å². The Morgan fingerprint density at radius 2 is 2.56 bits per heavy atom. The molecule has 4 heteroatoms. The van der Waals surface area contributed by atoms with E-state index in [9.17, 15) is 0 Å². The van der Waals surface area contributed by atoms with Crippen molar-refractivity contribution in [3.8, 4) is 6.19 Å². The summed E-state index contributed by atoms with van der Waals surface area (Å²) < 4.78 is 3.00. The summed E-state index contributed by atoms with van der Waals surface area (Å²) in [5.74, 6) is 0.708. The smallest absolute Gasteiger partial charge is 0.152 e. The van der Waals surface area contributed by atoms with Crippen molar-refractivity contribution in [1.29, 1.82) is 5.26 Å². The monoisotopic (exact) mass is 123 g/mol. The van der Waals surface area contributed by atoms with Gasteiger partial charge in [0.1, 0.15) is 0 Å². The van der Waals surface area contributed by atoms with Crippen LogP contribution in [0.4, 0.5) is 0 Å². The summed E-state index contributed by atoms with van der Waals surface area (Å²) in [7, 11) is 1.78. The summed E-state index contributed by atoms with van der Waals surface area (Å²) in [6.45, 7) is 1.78. The molecule has 0 spiro atoms. The number of hydrogen-bond acceptors (Lipinski definition) is 2. The van der Waals surface area contributed by atoms with Gasteiger partial charge < -0.3 is 0 Å². The Hall–Kier alpha value is -1.37. The summed E-state index contributed by atoms with van der Waals surface area (Å²) in [6, 6.07) is 0. The molecule has 0 amide bonds. The molecule has 0 saturated heterocycles. The molecule has 0 fully saturated rings. The molecule has 1 aromatic heterocycles. The zero-order valence-electron chi connectivity index (χ0n) is 5.37. The number of nitrogens with zero attached hydrogens (tertiary/aromatic N) is 4. The first-order valence-corrected chi connectivity index (χ1v) is 2.56. The molecule has 0 radical (unpaired) electrons. The van der Waals surface area contributed by atoms with Crippen LogP contribution in [-0.2, 0) is 7.05 Å². The Kier molecular flexibility index (Phi) is 1.19. The maximum absolute atomic E-state index is 8.39. The molecule has 1 heterocycles. The van der Waals surface area contributed by atoms with Crippen LogP contribution in [0.1, 0.15) is 5.82 Å². The van der Waals surface area contributed by atoms with E-state index in [1.165, 1.54) is 4.57 Å². The van der Waals surface area contributed by atoms with Crippen LogP contribution in [-0.4, -0.2) is 9.78 Å². The van der Waals surface area contributed by atoms with E-state index in [1.807, 2.05) is 6.19 Å². The predicted molar refractivity (Wildman–Crippen MR) is 29.2 cm³/mol. The number of rotatable bonds is 0. The maximum atomic E-state index is 8.39. The molecular formula is C5H7N4+. The van der Waals surface area contributed by atoms with E-state index in [4.69, 9.17) is 5.26 Å². The van der Waals surface area contributed by atoms with Gasteiger partial charge in [-0.15, -0.1) is 4.57 Å². The number of aromatic nitrogens is 3. The Labute approximate surface area is 53.0 Å². The van der Waals surface area contributed by atoms with Gasteiger partial charge in [-0.1, -0.05) is 0 Å². The summed E-state index contributed by atoms with van der Waals surface area (Å²) in [5.41, 5.74) is 0. The van der Waals surface area contributed by atoms with E-state index in [2.05, 4.69) is 5.10 Å². The molecule has 1 aromatic rings. The third-order valence-corrected chi connectivity index (χ3v) is 1.04. The average molecular weight is 123 g/mol. The minimum atomic E-state index is 0.708. The van der Waals surface area contributed by atoms with Crippen molar-refractivity contribution in [2.45, 2.75) is 6.92 Å². The summed E-state index contributed by atoms with van der Waals surface area (Å²) in [5, 5.41) is 12.3. The topological polar surface area (TPSA) is 45.5 Å². The van der Waals surface area contributed by atoms with Crippen LogP contribution in [0.2, 0.25) is 0 Å². The standard InChI is InChI=1S/C5H7N4/c1-5-7-8(2)4-9(5)3-6/h4H,1-2H3/q+1. The van der Waals surface area contributed by atoms with E-state index < -0.39 is 0 Å². The van der Waals surface area contributed by atoms with Crippen molar-refractivity contribution in [3.63, 3.8) is 0 Å². The van der Waals surface area contributed by atoms with Crippen molar-refractivity contribution >= 4 is 0 Å². The molecule has 9 heavy (non-hydrogen) atoms.